The molecule has 1 aliphatic heterocycles. The second-order valence-electron chi connectivity index (χ2n) is 6.86. The van der Waals surface area contributed by atoms with Crippen LogP contribution in [0.2, 0.25) is 5.02 Å². The minimum Gasteiger partial charge on any atom is -0.497 e. The van der Waals surface area contributed by atoms with Crippen LogP contribution >= 0.6 is 11.6 Å². The number of sulfonamides is 1. The van der Waals surface area contributed by atoms with Gasteiger partial charge in [0.25, 0.3) is 15.9 Å². The van der Waals surface area contributed by atoms with Gasteiger partial charge in [-0.1, -0.05) is 17.7 Å². The first-order chi connectivity index (χ1) is 15.3. The van der Waals surface area contributed by atoms with Gasteiger partial charge in [-0.25, -0.2) is 17.7 Å². The standard InChI is InChI=1S/C22H19ClN2O6S/c1-29-14-7-9-19(18(12-14)30-2)32(27,28)25-17-8-6-13(23)11-16(17)20(22(25)26)15-5-4-10-24-21(15)31-3/h4-12,20H,1-3H3. The Bertz CT molecular complexity index is 1310. The summed E-state index contributed by atoms with van der Waals surface area (Å²) in [6.07, 6.45) is 1.53. The Morgan fingerprint density at radius 1 is 0.969 bits per heavy atom. The van der Waals surface area contributed by atoms with Crippen LogP contribution in [0.4, 0.5) is 5.69 Å². The van der Waals surface area contributed by atoms with Gasteiger partial charge >= 0.3 is 0 Å². The Morgan fingerprint density at radius 3 is 2.44 bits per heavy atom. The molecule has 0 saturated carbocycles. The van der Waals surface area contributed by atoms with Crippen molar-refractivity contribution in [1.82, 2.24) is 4.98 Å². The van der Waals surface area contributed by atoms with E-state index in [1.165, 1.54) is 57.9 Å². The van der Waals surface area contributed by atoms with Crippen molar-refractivity contribution in [2.45, 2.75) is 10.8 Å². The number of aromatic nitrogens is 1. The van der Waals surface area contributed by atoms with Gasteiger partial charge in [0.15, 0.2) is 0 Å². The molecule has 2 aromatic carbocycles. The molecule has 4 rings (SSSR count). The fourth-order valence-corrected chi connectivity index (χ4v) is 5.52. The quantitative estimate of drug-likeness (QED) is 0.538. The summed E-state index contributed by atoms with van der Waals surface area (Å²) in [5.74, 6) is -0.954. The summed E-state index contributed by atoms with van der Waals surface area (Å²) in [5, 5.41) is 0.366. The van der Waals surface area contributed by atoms with Gasteiger partial charge in [0.2, 0.25) is 5.88 Å². The van der Waals surface area contributed by atoms with Crippen LogP contribution in [-0.4, -0.2) is 40.6 Å². The molecule has 0 bridgehead atoms. The molecule has 0 fully saturated rings. The molecule has 1 amide bonds. The summed E-state index contributed by atoms with van der Waals surface area (Å²) >= 11 is 6.20. The molecule has 10 heteroatoms. The zero-order chi connectivity index (χ0) is 23.0. The van der Waals surface area contributed by atoms with E-state index in [4.69, 9.17) is 25.8 Å². The average Bonchev–Trinajstić information content (AvgIpc) is 3.09. The average molecular weight is 475 g/mol. The second-order valence-corrected chi connectivity index (χ2v) is 9.05. The number of ether oxygens (including phenoxy) is 3. The molecular weight excluding hydrogens is 456 g/mol. The molecule has 1 unspecified atom stereocenters. The fraction of sp³-hybridized carbons (Fsp3) is 0.182. The summed E-state index contributed by atoms with van der Waals surface area (Å²) in [6, 6.07) is 12.2. The van der Waals surface area contributed by atoms with Crippen molar-refractivity contribution in [1.29, 1.82) is 0 Å². The third kappa shape index (κ3) is 3.43. The minimum absolute atomic E-state index is 0.0510. The van der Waals surface area contributed by atoms with Crippen molar-refractivity contribution < 1.29 is 27.4 Å². The Labute approximate surface area is 190 Å². The van der Waals surface area contributed by atoms with Gasteiger partial charge in [-0.15, -0.1) is 0 Å². The van der Waals surface area contributed by atoms with Crippen LogP contribution < -0.4 is 18.5 Å². The number of benzene rings is 2. The third-order valence-electron chi connectivity index (χ3n) is 5.16. The molecule has 166 valence electrons. The number of nitrogens with zero attached hydrogens (tertiary/aromatic N) is 2. The first-order valence-corrected chi connectivity index (χ1v) is 11.2. The summed E-state index contributed by atoms with van der Waals surface area (Å²) in [4.78, 5) is 17.6. The van der Waals surface area contributed by atoms with Crippen molar-refractivity contribution in [3.05, 3.63) is 70.9 Å². The van der Waals surface area contributed by atoms with E-state index in [9.17, 15) is 13.2 Å². The van der Waals surface area contributed by atoms with Crippen LogP contribution in [0.3, 0.4) is 0 Å². The van der Waals surface area contributed by atoms with Crippen LogP contribution in [0.5, 0.6) is 17.4 Å². The Morgan fingerprint density at radius 2 is 1.75 bits per heavy atom. The summed E-state index contributed by atoms with van der Waals surface area (Å²) in [5.41, 5.74) is 1.07. The number of pyridine rings is 1. The van der Waals surface area contributed by atoms with Gasteiger partial charge in [0.1, 0.15) is 16.4 Å². The molecule has 3 aromatic rings. The highest BCUT2D eigenvalue weighted by Gasteiger charge is 2.47. The molecule has 0 spiro atoms. The van der Waals surface area contributed by atoms with Crippen LogP contribution in [0.25, 0.3) is 0 Å². The molecule has 1 aliphatic rings. The maximum atomic E-state index is 13.7. The molecule has 0 radical (unpaired) electrons. The van der Waals surface area contributed by atoms with Crippen LogP contribution in [0.1, 0.15) is 17.0 Å². The molecule has 0 N–H and O–H groups in total. The SMILES string of the molecule is COc1ccc(S(=O)(=O)N2C(=O)C(c3cccnc3OC)c3cc(Cl)ccc32)c(OC)c1. The topological polar surface area (TPSA) is 95.0 Å². The second kappa shape index (κ2) is 8.33. The number of amides is 1. The van der Waals surface area contributed by atoms with E-state index < -0.39 is 21.8 Å². The molecule has 8 nitrogen and oxygen atoms in total. The molecule has 32 heavy (non-hydrogen) atoms. The van der Waals surface area contributed by atoms with E-state index in [0.717, 1.165) is 4.31 Å². The zero-order valence-electron chi connectivity index (χ0n) is 17.4. The Kier molecular flexibility index (Phi) is 5.70. The van der Waals surface area contributed by atoms with Crippen molar-refractivity contribution in [2.24, 2.45) is 0 Å². The summed E-state index contributed by atoms with van der Waals surface area (Å²) in [7, 11) is -0.111. The lowest BCUT2D eigenvalue weighted by atomic mass is 9.93. The number of hydrogen-bond acceptors (Lipinski definition) is 7. The van der Waals surface area contributed by atoms with Gasteiger partial charge in [-0.2, -0.15) is 0 Å². The number of carbonyl (C=O) groups is 1. The number of anilines is 1. The van der Waals surface area contributed by atoms with Crippen LogP contribution in [0.15, 0.2) is 59.6 Å². The normalized spacial score (nSPS) is 15.4. The van der Waals surface area contributed by atoms with E-state index >= 15 is 0 Å². The minimum atomic E-state index is -4.34. The van der Waals surface area contributed by atoms with E-state index in [0.29, 0.717) is 21.9 Å². The zero-order valence-corrected chi connectivity index (χ0v) is 19.0. The number of halogens is 1. The van der Waals surface area contributed by atoms with Gasteiger partial charge in [0.05, 0.1) is 32.9 Å². The highest BCUT2D eigenvalue weighted by atomic mass is 35.5. The lowest BCUT2D eigenvalue weighted by Gasteiger charge is -2.20. The van der Waals surface area contributed by atoms with Crippen LogP contribution in [0, 0.1) is 0 Å². The third-order valence-corrected chi connectivity index (χ3v) is 7.15. The summed E-state index contributed by atoms with van der Waals surface area (Å²) < 4.78 is 43.9. The maximum Gasteiger partial charge on any atom is 0.274 e. The van der Waals surface area contributed by atoms with E-state index in [-0.39, 0.29) is 22.2 Å². The van der Waals surface area contributed by atoms with Crippen molar-refractivity contribution in [3.63, 3.8) is 0 Å². The Hall–Kier alpha value is -3.30. The highest BCUT2D eigenvalue weighted by molar-refractivity contribution is 7.93. The predicted molar refractivity (Wildman–Crippen MR) is 118 cm³/mol. The summed E-state index contributed by atoms with van der Waals surface area (Å²) in [6.45, 7) is 0. The lowest BCUT2D eigenvalue weighted by molar-refractivity contribution is -0.117. The van der Waals surface area contributed by atoms with Gasteiger partial charge in [-0.05, 0) is 42.0 Å². The highest BCUT2D eigenvalue weighted by Crippen LogP contribution is 2.47. The van der Waals surface area contributed by atoms with Crippen molar-refractivity contribution in [3.8, 4) is 17.4 Å². The van der Waals surface area contributed by atoms with E-state index in [1.807, 2.05) is 0 Å². The molecule has 0 saturated heterocycles. The smallest absolute Gasteiger partial charge is 0.274 e. The van der Waals surface area contributed by atoms with E-state index in [1.54, 1.807) is 18.2 Å². The Balaban J connectivity index is 1.92. The number of methoxy groups -OCH3 is 3. The van der Waals surface area contributed by atoms with Crippen molar-refractivity contribution in [2.75, 3.05) is 25.6 Å². The monoisotopic (exact) mass is 474 g/mol. The fourth-order valence-electron chi connectivity index (χ4n) is 3.74. The van der Waals surface area contributed by atoms with E-state index in [2.05, 4.69) is 4.98 Å². The predicted octanol–water partition coefficient (Wildman–Crippen LogP) is 3.63. The van der Waals surface area contributed by atoms with Gasteiger partial charge < -0.3 is 14.2 Å². The first kappa shape index (κ1) is 21.9. The molecule has 1 aromatic heterocycles. The first-order valence-electron chi connectivity index (χ1n) is 9.43. The molecule has 2 heterocycles. The number of fused-ring (bicyclic) bond motifs is 1. The lowest BCUT2D eigenvalue weighted by Crippen LogP contribution is -2.35. The molecule has 1 atom stereocenters. The number of carbonyl (C=O) groups excluding carboxylic acids is 1. The number of rotatable bonds is 6. The van der Waals surface area contributed by atoms with Gasteiger partial charge in [0, 0.05) is 22.8 Å². The van der Waals surface area contributed by atoms with Crippen LogP contribution in [-0.2, 0) is 14.8 Å². The van der Waals surface area contributed by atoms with Crippen molar-refractivity contribution >= 4 is 33.2 Å². The molecule has 0 aliphatic carbocycles. The number of hydrogen-bond donors (Lipinski definition) is 0. The largest absolute Gasteiger partial charge is 0.497 e. The van der Waals surface area contributed by atoms with Gasteiger partial charge in [-0.3, -0.25) is 4.79 Å². The molecular formula is C22H19ClN2O6S. The maximum absolute atomic E-state index is 13.7.